The maximum Gasteiger partial charge on any atom is 0.249 e. The predicted molar refractivity (Wildman–Crippen MR) is 208 cm³/mol. The zero-order valence-corrected chi connectivity index (χ0v) is 32.1. The van der Waals surface area contributed by atoms with Crippen molar-refractivity contribution in [2.24, 2.45) is 0 Å². The Bertz CT molecular complexity index is 1010. The Morgan fingerprint density at radius 2 is 1.19 bits per heavy atom. The number of aliphatic hydroxyl groups excluding tert-OH is 6. The number of carbonyl (C=O) groups excluding carboxylic acids is 1. The van der Waals surface area contributed by atoms with E-state index in [0.29, 0.717) is 12.8 Å². The van der Waals surface area contributed by atoms with Crippen molar-refractivity contribution in [3.8, 4) is 0 Å². The van der Waals surface area contributed by atoms with Crippen LogP contribution in [0.3, 0.4) is 0 Å². The molecule has 10 heteroatoms. The number of amides is 1. The van der Waals surface area contributed by atoms with Crippen molar-refractivity contribution < 1.29 is 44.9 Å². The van der Waals surface area contributed by atoms with Crippen LogP contribution in [-0.2, 0) is 14.3 Å². The number of carbonyl (C=O) groups is 1. The number of hydrogen-bond donors (Lipinski definition) is 7. The summed E-state index contributed by atoms with van der Waals surface area (Å²) in [5.41, 5.74) is 0. The molecule has 0 aromatic carbocycles. The van der Waals surface area contributed by atoms with Gasteiger partial charge in [0.2, 0.25) is 5.91 Å². The van der Waals surface area contributed by atoms with Crippen LogP contribution in [-0.4, -0.2) is 98.7 Å². The molecule has 10 nitrogen and oxygen atoms in total. The molecule has 8 unspecified atom stereocenters. The smallest absolute Gasteiger partial charge is 0.249 e. The molecule has 1 aliphatic heterocycles. The minimum Gasteiger partial charge on any atom is -0.394 e. The molecule has 7 N–H and O–H groups in total. The highest BCUT2D eigenvalue weighted by molar-refractivity contribution is 5.81. The Morgan fingerprint density at radius 3 is 1.79 bits per heavy atom. The lowest BCUT2D eigenvalue weighted by atomic mass is 9.99. The van der Waals surface area contributed by atoms with E-state index in [1.54, 1.807) is 18.2 Å². The Kier molecular flexibility index (Phi) is 29.7. The topological polar surface area (TPSA) is 169 Å². The van der Waals surface area contributed by atoms with Gasteiger partial charge in [0.05, 0.1) is 25.4 Å². The number of ether oxygens (including phenoxy) is 2. The maximum absolute atomic E-state index is 12.9. The first-order valence-corrected chi connectivity index (χ1v) is 20.1. The summed E-state index contributed by atoms with van der Waals surface area (Å²) >= 11 is 0. The van der Waals surface area contributed by atoms with Crippen LogP contribution in [0.25, 0.3) is 0 Å². The molecule has 0 saturated carbocycles. The standard InChI is InChI=1S/C42H73NO9/c1-3-5-7-9-11-13-15-17-18-19-21-22-24-26-28-30-35(45)34(33-51-42-40(49)39(48)38(47)37(32-44)52-42)43-41(50)36(46)31-29-27-25-23-20-16-14-12-10-8-6-4-2/h15,17,20-23,27-30,34-40,42,44-49H,3-14,16,18-19,24-26,31-33H2,1-2H3,(H,43,50)/b17-15+,22-21+,23-20-,29-27-,30-28+. The first kappa shape index (κ1) is 47.9. The van der Waals surface area contributed by atoms with Crippen LogP contribution in [0.15, 0.2) is 60.8 Å². The van der Waals surface area contributed by atoms with E-state index in [2.05, 4.69) is 55.6 Å². The molecule has 1 amide bonds. The van der Waals surface area contributed by atoms with E-state index < -0.39 is 61.5 Å². The third kappa shape index (κ3) is 22.8. The molecule has 0 aromatic rings. The van der Waals surface area contributed by atoms with Gasteiger partial charge in [0, 0.05) is 6.42 Å². The Labute approximate surface area is 314 Å². The first-order valence-electron chi connectivity index (χ1n) is 20.1. The molecule has 52 heavy (non-hydrogen) atoms. The number of aliphatic hydroxyl groups is 6. The summed E-state index contributed by atoms with van der Waals surface area (Å²) in [5.74, 6) is -0.702. The fourth-order valence-electron chi connectivity index (χ4n) is 5.76. The lowest BCUT2D eigenvalue weighted by molar-refractivity contribution is -0.302. The average molecular weight is 736 g/mol. The Morgan fingerprint density at radius 1 is 0.673 bits per heavy atom. The highest BCUT2D eigenvalue weighted by atomic mass is 16.7. The lowest BCUT2D eigenvalue weighted by Gasteiger charge is -2.40. The lowest BCUT2D eigenvalue weighted by Crippen LogP contribution is -2.60. The first-order chi connectivity index (χ1) is 25.3. The summed E-state index contributed by atoms with van der Waals surface area (Å²) in [6.45, 7) is 3.48. The Hall–Kier alpha value is -2.15. The molecule has 0 radical (unpaired) electrons. The normalized spacial score (nSPS) is 23.1. The molecule has 300 valence electrons. The number of nitrogens with one attached hydrogen (secondary N) is 1. The highest BCUT2D eigenvalue weighted by Gasteiger charge is 2.44. The van der Waals surface area contributed by atoms with Crippen molar-refractivity contribution in [2.75, 3.05) is 13.2 Å². The monoisotopic (exact) mass is 736 g/mol. The largest absolute Gasteiger partial charge is 0.394 e. The number of unbranched alkanes of at least 4 members (excludes halogenated alkanes) is 13. The maximum atomic E-state index is 12.9. The van der Waals surface area contributed by atoms with Gasteiger partial charge in [-0.2, -0.15) is 0 Å². The number of allylic oxidation sites excluding steroid dienone is 8. The molecule has 1 aliphatic rings. The fourth-order valence-corrected chi connectivity index (χ4v) is 5.76. The van der Waals surface area contributed by atoms with Crippen LogP contribution >= 0.6 is 0 Å². The quantitative estimate of drug-likeness (QED) is 0.0322. The van der Waals surface area contributed by atoms with Crippen molar-refractivity contribution in [2.45, 2.75) is 185 Å². The number of rotatable bonds is 31. The fraction of sp³-hybridized carbons (Fsp3) is 0.738. The molecular weight excluding hydrogens is 662 g/mol. The molecule has 0 aliphatic carbocycles. The van der Waals surface area contributed by atoms with E-state index >= 15 is 0 Å². The van der Waals surface area contributed by atoms with E-state index in [0.717, 1.165) is 32.1 Å². The van der Waals surface area contributed by atoms with Crippen molar-refractivity contribution in [3.05, 3.63) is 60.8 Å². The van der Waals surface area contributed by atoms with Crippen LogP contribution < -0.4 is 5.32 Å². The van der Waals surface area contributed by atoms with Crippen molar-refractivity contribution in [1.29, 1.82) is 0 Å². The van der Waals surface area contributed by atoms with Gasteiger partial charge < -0.3 is 45.4 Å². The molecule has 0 bridgehead atoms. The van der Waals surface area contributed by atoms with Gasteiger partial charge in [-0.1, -0.05) is 132 Å². The van der Waals surface area contributed by atoms with E-state index in [9.17, 15) is 35.4 Å². The summed E-state index contributed by atoms with van der Waals surface area (Å²) in [5, 5.41) is 64.2. The third-order valence-corrected chi connectivity index (χ3v) is 9.16. The molecule has 8 atom stereocenters. The van der Waals surface area contributed by atoms with E-state index in [4.69, 9.17) is 9.47 Å². The van der Waals surface area contributed by atoms with E-state index in [-0.39, 0.29) is 13.0 Å². The molecule has 1 fully saturated rings. The van der Waals surface area contributed by atoms with Crippen LogP contribution in [0.1, 0.15) is 136 Å². The van der Waals surface area contributed by atoms with Crippen molar-refractivity contribution in [3.63, 3.8) is 0 Å². The van der Waals surface area contributed by atoms with Gasteiger partial charge in [0.15, 0.2) is 6.29 Å². The zero-order valence-electron chi connectivity index (χ0n) is 32.1. The molecule has 1 rings (SSSR count). The second kappa shape index (κ2) is 32.3. The van der Waals surface area contributed by atoms with Crippen molar-refractivity contribution >= 4 is 5.91 Å². The summed E-state index contributed by atoms with van der Waals surface area (Å²) in [7, 11) is 0. The third-order valence-electron chi connectivity index (χ3n) is 9.16. The predicted octanol–water partition coefficient (Wildman–Crippen LogP) is 6.24. The van der Waals surface area contributed by atoms with Gasteiger partial charge in [-0.15, -0.1) is 0 Å². The van der Waals surface area contributed by atoms with Gasteiger partial charge in [0.1, 0.15) is 30.5 Å². The van der Waals surface area contributed by atoms with Gasteiger partial charge >= 0.3 is 0 Å². The van der Waals surface area contributed by atoms with Crippen LogP contribution in [0.2, 0.25) is 0 Å². The van der Waals surface area contributed by atoms with Crippen molar-refractivity contribution in [1.82, 2.24) is 5.32 Å². The molecular formula is C42H73NO9. The molecule has 1 heterocycles. The minimum atomic E-state index is -1.63. The molecule has 0 aromatic heterocycles. The second-order valence-corrected chi connectivity index (χ2v) is 13.9. The molecule has 1 saturated heterocycles. The summed E-state index contributed by atoms with van der Waals surface area (Å²) in [6.07, 6.45) is 30.5. The van der Waals surface area contributed by atoms with E-state index in [1.807, 2.05) is 6.08 Å². The highest BCUT2D eigenvalue weighted by Crippen LogP contribution is 2.22. The van der Waals surface area contributed by atoms with Gasteiger partial charge in [-0.25, -0.2) is 0 Å². The Balaban J connectivity index is 2.61. The summed E-state index contributed by atoms with van der Waals surface area (Å²) in [4.78, 5) is 12.9. The van der Waals surface area contributed by atoms with Gasteiger partial charge in [-0.3, -0.25) is 4.79 Å². The SMILES string of the molecule is CCCCCCC/C=C/CC/C=C/CC/C=C/C(O)C(COC1OC(CO)C(O)C(O)C1O)NC(=O)C(O)C/C=C\C/C=C\CCCCCCCC. The number of hydrogen-bond acceptors (Lipinski definition) is 9. The van der Waals surface area contributed by atoms with E-state index in [1.165, 1.54) is 70.6 Å². The van der Waals surface area contributed by atoms with Gasteiger partial charge in [0.25, 0.3) is 0 Å². The van der Waals surface area contributed by atoms with Crippen LogP contribution in [0, 0.1) is 0 Å². The minimum absolute atomic E-state index is 0.0878. The second-order valence-electron chi connectivity index (χ2n) is 13.9. The van der Waals surface area contributed by atoms with Crippen LogP contribution in [0.4, 0.5) is 0 Å². The zero-order chi connectivity index (χ0) is 38.2. The summed E-state index contributed by atoms with van der Waals surface area (Å²) in [6, 6.07) is -1.03. The molecule has 0 spiro atoms. The van der Waals surface area contributed by atoms with Crippen LogP contribution in [0.5, 0.6) is 0 Å². The van der Waals surface area contributed by atoms with Gasteiger partial charge in [-0.05, 0) is 57.8 Å². The summed E-state index contributed by atoms with van der Waals surface area (Å²) < 4.78 is 11.0. The average Bonchev–Trinajstić information content (AvgIpc) is 3.14.